The highest BCUT2D eigenvalue weighted by molar-refractivity contribution is 6.32. The van der Waals surface area contributed by atoms with Crippen molar-refractivity contribution in [3.8, 4) is 0 Å². The number of aliphatic imine (C=N–C) groups is 1. The Balaban J connectivity index is 2.07. The molecule has 25 heavy (non-hydrogen) atoms. The van der Waals surface area contributed by atoms with Crippen molar-refractivity contribution >= 4 is 17.4 Å². The number of hydrogen-bond donors (Lipinski definition) is 0. The standard InChI is InChI=1S/C24H25N/c1-16(2)25-24(23-12-7-6-9-18(23)4)19(5)20-13-14-22-17(3)10-8-11-21(22)15-20/h6-9,11-15,17H,1,5,10H2,2-4H3. The van der Waals surface area contributed by atoms with Gasteiger partial charge in [-0.2, -0.15) is 0 Å². The fraction of sp³-hybridized carbons (Fsp3) is 0.208. The Morgan fingerprint density at radius 3 is 2.60 bits per heavy atom. The van der Waals surface area contributed by atoms with Crippen LogP contribution in [-0.2, 0) is 0 Å². The first-order valence-corrected chi connectivity index (χ1v) is 8.77. The van der Waals surface area contributed by atoms with Crippen molar-refractivity contribution in [3.05, 3.63) is 95.2 Å². The lowest BCUT2D eigenvalue weighted by Crippen LogP contribution is -2.07. The minimum atomic E-state index is 0.572. The summed E-state index contributed by atoms with van der Waals surface area (Å²) in [6, 6.07) is 14.9. The zero-order chi connectivity index (χ0) is 18.0. The van der Waals surface area contributed by atoms with Crippen LogP contribution in [0, 0.1) is 6.92 Å². The first-order chi connectivity index (χ1) is 12.0. The van der Waals surface area contributed by atoms with Gasteiger partial charge in [-0.15, -0.1) is 0 Å². The van der Waals surface area contributed by atoms with Crippen LogP contribution in [0.4, 0.5) is 0 Å². The molecule has 0 bridgehead atoms. The summed E-state index contributed by atoms with van der Waals surface area (Å²) in [5, 5.41) is 0. The third-order valence-corrected chi connectivity index (χ3v) is 4.74. The number of aryl methyl sites for hydroxylation is 1. The maximum Gasteiger partial charge on any atom is 0.0779 e. The molecule has 0 N–H and O–H groups in total. The average Bonchev–Trinajstić information content (AvgIpc) is 2.59. The highest BCUT2D eigenvalue weighted by atomic mass is 14.7. The van der Waals surface area contributed by atoms with Crippen LogP contribution >= 0.6 is 0 Å². The van der Waals surface area contributed by atoms with Gasteiger partial charge < -0.3 is 0 Å². The zero-order valence-corrected chi connectivity index (χ0v) is 15.3. The molecular formula is C24H25N. The van der Waals surface area contributed by atoms with Gasteiger partial charge in [0.05, 0.1) is 5.71 Å². The van der Waals surface area contributed by atoms with E-state index < -0.39 is 0 Å². The summed E-state index contributed by atoms with van der Waals surface area (Å²) >= 11 is 0. The maximum absolute atomic E-state index is 4.72. The van der Waals surface area contributed by atoms with Gasteiger partial charge in [0.15, 0.2) is 0 Å². The molecular weight excluding hydrogens is 302 g/mol. The van der Waals surface area contributed by atoms with Gasteiger partial charge in [-0.3, -0.25) is 4.99 Å². The fourth-order valence-corrected chi connectivity index (χ4v) is 3.34. The summed E-state index contributed by atoms with van der Waals surface area (Å²) in [5.41, 5.74) is 8.73. The first kappa shape index (κ1) is 17.2. The van der Waals surface area contributed by atoms with Crippen molar-refractivity contribution in [3.63, 3.8) is 0 Å². The van der Waals surface area contributed by atoms with Crippen LogP contribution in [0.25, 0.3) is 11.6 Å². The summed E-state index contributed by atoms with van der Waals surface area (Å²) in [6.07, 6.45) is 5.58. The lowest BCUT2D eigenvalue weighted by molar-refractivity contribution is 0.771. The van der Waals surface area contributed by atoms with Gasteiger partial charge in [0.1, 0.15) is 0 Å². The van der Waals surface area contributed by atoms with Gasteiger partial charge in [-0.25, -0.2) is 0 Å². The summed E-state index contributed by atoms with van der Waals surface area (Å²) in [4.78, 5) is 4.72. The molecule has 1 aliphatic rings. The monoisotopic (exact) mass is 327 g/mol. The molecule has 1 atom stereocenters. The summed E-state index contributed by atoms with van der Waals surface area (Å²) in [6.45, 7) is 14.6. The largest absolute Gasteiger partial charge is 0.253 e. The van der Waals surface area contributed by atoms with Crippen LogP contribution in [0.1, 0.15) is 54.0 Å². The van der Waals surface area contributed by atoms with E-state index in [4.69, 9.17) is 4.99 Å². The Bertz CT molecular complexity index is 896. The number of hydrogen-bond acceptors (Lipinski definition) is 1. The van der Waals surface area contributed by atoms with E-state index in [1.807, 2.05) is 19.1 Å². The predicted octanol–water partition coefficient (Wildman–Crippen LogP) is 6.55. The lowest BCUT2D eigenvalue weighted by atomic mass is 9.85. The molecule has 0 radical (unpaired) electrons. The molecule has 1 heteroatoms. The third kappa shape index (κ3) is 3.56. The van der Waals surface area contributed by atoms with Crippen LogP contribution < -0.4 is 0 Å². The molecule has 2 aromatic carbocycles. The quantitative estimate of drug-likeness (QED) is 0.564. The molecule has 3 rings (SSSR count). The van der Waals surface area contributed by atoms with Gasteiger partial charge >= 0.3 is 0 Å². The van der Waals surface area contributed by atoms with Crippen molar-refractivity contribution in [2.45, 2.75) is 33.1 Å². The summed E-state index contributed by atoms with van der Waals surface area (Å²) in [5.74, 6) is 0.572. The van der Waals surface area contributed by atoms with E-state index in [9.17, 15) is 0 Å². The van der Waals surface area contributed by atoms with E-state index in [-0.39, 0.29) is 0 Å². The SMILES string of the molecule is C=C(C)N=C(C(=C)c1ccc2c(c1)C=CCC2C)c1ccccc1C. The summed E-state index contributed by atoms with van der Waals surface area (Å²) in [7, 11) is 0. The van der Waals surface area contributed by atoms with Gasteiger partial charge in [-0.05, 0) is 54.5 Å². The van der Waals surface area contributed by atoms with Crippen molar-refractivity contribution in [2.24, 2.45) is 4.99 Å². The van der Waals surface area contributed by atoms with Crippen LogP contribution in [0.3, 0.4) is 0 Å². The van der Waals surface area contributed by atoms with Crippen molar-refractivity contribution in [1.29, 1.82) is 0 Å². The Labute approximate surface area is 151 Å². The smallest absolute Gasteiger partial charge is 0.0779 e. The Morgan fingerprint density at radius 1 is 1.12 bits per heavy atom. The number of allylic oxidation sites excluding steroid dienone is 3. The predicted molar refractivity (Wildman–Crippen MR) is 110 cm³/mol. The molecule has 0 heterocycles. The van der Waals surface area contributed by atoms with Gasteiger partial charge in [0.2, 0.25) is 0 Å². The highest BCUT2D eigenvalue weighted by Crippen LogP contribution is 2.32. The zero-order valence-electron chi connectivity index (χ0n) is 15.3. The van der Waals surface area contributed by atoms with Crippen molar-refractivity contribution < 1.29 is 0 Å². The van der Waals surface area contributed by atoms with Gasteiger partial charge in [0.25, 0.3) is 0 Å². The van der Waals surface area contributed by atoms with Crippen molar-refractivity contribution in [2.75, 3.05) is 0 Å². The van der Waals surface area contributed by atoms with E-state index >= 15 is 0 Å². The minimum Gasteiger partial charge on any atom is -0.253 e. The molecule has 1 aliphatic carbocycles. The Morgan fingerprint density at radius 2 is 1.88 bits per heavy atom. The molecule has 0 aliphatic heterocycles. The van der Waals surface area contributed by atoms with Crippen LogP contribution in [0.2, 0.25) is 0 Å². The van der Waals surface area contributed by atoms with Gasteiger partial charge in [-0.1, -0.05) is 68.6 Å². The minimum absolute atomic E-state index is 0.572. The van der Waals surface area contributed by atoms with E-state index in [1.54, 1.807) is 0 Å². The molecule has 0 fully saturated rings. The van der Waals surface area contributed by atoms with E-state index in [0.29, 0.717) is 5.92 Å². The normalized spacial score (nSPS) is 16.4. The third-order valence-electron chi connectivity index (χ3n) is 4.74. The van der Waals surface area contributed by atoms with E-state index in [0.717, 1.165) is 34.5 Å². The van der Waals surface area contributed by atoms with E-state index in [2.05, 4.69) is 69.5 Å². The molecule has 1 nitrogen and oxygen atoms in total. The van der Waals surface area contributed by atoms with Gasteiger partial charge in [0, 0.05) is 16.8 Å². The molecule has 2 aromatic rings. The topological polar surface area (TPSA) is 12.4 Å². The molecule has 0 amide bonds. The molecule has 0 spiro atoms. The molecule has 1 unspecified atom stereocenters. The summed E-state index contributed by atoms with van der Waals surface area (Å²) < 4.78 is 0. The molecule has 0 saturated carbocycles. The lowest BCUT2D eigenvalue weighted by Gasteiger charge is -2.20. The second kappa shape index (κ2) is 7.06. The van der Waals surface area contributed by atoms with Crippen LogP contribution in [-0.4, -0.2) is 5.71 Å². The Hall–Kier alpha value is -2.67. The second-order valence-electron chi connectivity index (χ2n) is 6.87. The van der Waals surface area contributed by atoms with Crippen LogP contribution in [0.15, 0.2) is 72.4 Å². The number of benzene rings is 2. The highest BCUT2D eigenvalue weighted by Gasteiger charge is 2.16. The number of rotatable bonds is 4. The fourth-order valence-electron chi connectivity index (χ4n) is 3.34. The Kier molecular flexibility index (Phi) is 4.85. The molecule has 0 aromatic heterocycles. The van der Waals surface area contributed by atoms with Crippen molar-refractivity contribution in [1.82, 2.24) is 0 Å². The maximum atomic E-state index is 4.72. The first-order valence-electron chi connectivity index (χ1n) is 8.77. The average molecular weight is 327 g/mol. The second-order valence-corrected chi connectivity index (χ2v) is 6.87. The molecule has 126 valence electrons. The van der Waals surface area contributed by atoms with Crippen LogP contribution in [0.5, 0.6) is 0 Å². The molecule has 0 saturated heterocycles. The van der Waals surface area contributed by atoms with E-state index in [1.165, 1.54) is 16.7 Å². The number of fused-ring (bicyclic) bond motifs is 1. The number of nitrogens with zero attached hydrogens (tertiary/aromatic N) is 1.